The van der Waals surface area contributed by atoms with E-state index in [1.165, 1.54) is 64.2 Å². The quantitative estimate of drug-likeness (QED) is 0.272. The molecule has 3 aliphatic rings. The van der Waals surface area contributed by atoms with Crippen LogP contribution in [0.5, 0.6) is 0 Å². The number of carbonyl (C=O) groups excluding carboxylic acids is 1. The average Bonchev–Trinajstić information content (AvgIpc) is 3.29. The van der Waals surface area contributed by atoms with E-state index in [0.29, 0.717) is 0 Å². The number of hydrogen-bond donors (Lipinski definition) is 4. The van der Waals surface area contributed by atoms with Crippen molar-refractivity contribution in [2.75, 3.05) is 6.61 Å². The number of carbonyl (C=O) groups is 2. The van der Waals surface area contributed by atoms with E-state index in [2.05, 4.69) is 22.8 Å². The molecule has 3 aliphatic carbocycles. The molecule has 0 spiro atoms. The van der Waals surface area contributed by atoms with Crippen LogP contribution < -0.4 is 10.6 Å². The molecule has 0 aliphatic heterocycles. The molecular formula is C34H48N2O5. The van der Waals surface area contributed by atoms with Gasteiger partial charge in [0.1, 0.15) is 6.61 Å². The second kappa shape index (κ2) is 15.4. The molecule has 5 rings (SSSR count). The van der Waals surface area contributed by atoms with Crippen molar-refractivity contribution in [3.8, 4) is 11.1 Å². The SMILES string of the molecule is C1CCC(NC2CCCCC2)CC1.CC(C)[C@H](NC(=O)OCC1c2ccccc2-c2ccccc21)[C@@H](O)CC(=O)O. The van der Waals surface area contributed by atoms with E-state index in [1.807, 2.05) is 36.4 Å². The molecule has 0 radical (unpaired) electrons. The number of carboxylic acids is 1. The molecular weight excluding hydrogens is 516 g/mol. The van der Waals surface area contributed by atoms with Crippen molar-refractivity contribution in [2.45, 2.75) is 115 Å². The summed E-state index contributed by atoms with van der Waals surface area (Å²) in [6, 6.07) is 17.1. The number of carboxylic acid groups (broad SMARTS) is 1. The number of aliphatic carboxylic acids is 1. The van der Waals surface area contributed by atoms with Gasteiger partial charge in [0, 0.05) is 18.0 Å². The molecule has 0 saturated heterocycles. The molecule has 0 unspecified atom stereocenters. The summed E-state index contributed by atoms with van der Waals surface area (Å²) in [5, 5.41) is 25.4. The van der Waals surface area contributed by atoms with E-state index in [9.17, 15) is 14.7 Å². The van der Waals surface area contributed by atoms with E-state index in [0.717, 1.165) is 34.3 Å². The minimum Gasteiger partial charge on any atom is -0.481 e. The minimum atomic E-state index is -1.18. The second-order valence-electron chi connectivity index (χ2n) is 12.2. The largest absolute Gasteiger partial charge is 0.481 e. The zero-order chi connectivity index (χ0) is 29.2. The Bertz CT molecular complexity index is 1060. The van der Waals surface area contributed by atoms with Gasteiger partial charge in [0.25, 0.3) is 0 Å². The third-order valence-electron chi connectivity index (χ3n) is 8.83. The first kappa shape index (κ1) is 31.0. The van der Waals surface area contributed by atoms with Crippen LogP contribution in [-0.4, -0.2) is 53.1 Å². The molecule has 0 aromatic heterocycles. The van der Waals surface area contributed by atoms with E-state index < -0.39 is 30.6 Å². The van der Waals surface area contributed by atoms with Gasteiger partial charge in [0.2, 0.25) is 0 Å². The normalized spacial score (nSPS) is 18.9. The summed E-state index contributed by atoms with van der Waals surface area (Å²) in [6.07, 6.45) is 12.3. The van der Waals surface area contributed by atoms with Crippen molar-refractivity contribution in [1.29, 1.82) is 0 Å². The summed E-state index contributed by atoms with van der Waals surface area (Å²) in [7, 11) is 0. The van der Waals surface area contributed by atoms with Gasteiger partial charge in [-0.3, -0.25) is 4.79 Å². The number of fused-ring (bicyclic) bond motifs is 3. The number of alkyl carbamates (subject to hydrolysis) is 1. The van der Waals surface area contributed by atoms with Crippen LogP contribution in [0, 0.1) is 5.92 Å². The fourth-order valence-electron chi connectivity index (χ4n) is 6.66. The van der Waals surface area contributed by atoms with Crippen molar-refractivity contribution < 1.29 is 24.5 Å². The number of benzene rings is 2. The zero-order valence-corrected chi connectivity index (χ0v) is 24.7. The molecule has 2 saturated carbocycles. The Labute approximate surface area is 245 Å². The lowest BCUT2D eigenvalue weighted by atomic mass is 9.91. The summed E-state index contributed by atoms with van der Waals surface area (Å²) < 4.78 is 5.47. The molecule has 7 heteroatoms. The molecule has 4 N–H and O–H groups in total. The van der Waals surface area contributed by atoms with Crippen LogP contribution in [-0.2, 0) is 9.53 Å². The Morgan fingerprint density at radius 2 is 1.32 bits per heavy atom. The van der Waals surface area contributed by atoms with Crippen LogP contribution >= 0.6 is 0 Å². The molecule has 2 aromatic rings. The van der Waals surface area contributed by atoms with E-state index in [-0.39, 0.29) is 18.4 Å². The maximum absolute atomic E-state index is 12.3. The fourth-order valence-corrected chi connectivity index (χ4v) is 6.66. The molecule has 224 valence electrons. The number of nitrogens with one attached hydrogen (secondary N) is 2. The van der Waals surface area contributed by atoms with Crippen LogP contribution in [0.1, 0.15) is 102 Å². The predicted octanol–water partition coefficient (Wildman–Crippen LogP) is 6.63. The van der Waals surface area contributed by atoms with Crippen molar-refractivity contribution in [2.24, 2.45) is 5.92 Å². The summed E-state index contributed by atoms with van der Waals surface area (Å²) in [5.74, 6) is -1.32. The summed E-state index contributed by atoms with van der Waals surface area (Å²) in [6.45, 7) is 3.78. The molecule has 2 atom stereocenters. The van der Waals surface area contributed by atoms with Crippen molar-refractivity contribution in [3.05, 3.63) is 59.7 Å². The average molecular weight is 565 g/mol. The third-order valence-corrected chi connectivity index (χ3v) is 8.83. The Balaban J connectivity index is 0.000000247. The van der Waals surface area contributed by atoms with E-state index >= 15 is 0 Å². The first-order valence-corrected chi connectivity index (χ1v) is 15.6. The molecule has 0 heterocycles. The Morgan fingerprint density at radius 1 is 0.829 bits per heavy atom. The summed E-state index contributed by atoms with van der Waals surface area (Å²) in [4.78, 5) is 23.2. The molecule has 2 aromatic carbocycles. The van der Waals surface area contributed by atoms with Crippen molar-refractivity contribution in [1.82, 2.24) is 10.6 Å². The summed E-state index contributed by atoms with van der Waals surface area (Å²) >= 11 is 0. The Morgan fingerprint density at radius 3 is 1.78 bits per heavy atom. The first-order chi connectivity index (χ1) is 19.8. The topological polar surface area (TPSA) is 108 Å². The Hall–Kier alpha value is -2.90. The highest BCUT2D eigenvalue weighted by Gasteiger charge is 2.31. The number of ether oxygens (including phenoxy) is 1. The number of aliphatic hydroxyl groups excluding tert-OH is 1. The lowest BCUT2D eigenvalue weighted by Crippen LogP contribution is -2.47. The standard InChI is InChI=1S/C22H25NO5.C12H23N/c1-13(2)21(19(24)11-20(25)26)23-22(27)28-12-18-16-9-5-3-7-14(16)15-8-4-6-10-17(15)18;1-3-7-11(8-4-1)13-12-9-5-2-6-10-12/h3-10,13,18-19,21,24H,11-12H2,1-2H3,(H,23,27)(H,25,26);11-13H,1-10H2/t19-,21-;/m0./s1. The van der Waals surface area contributed by atoms with Gasteiger partial charge >= 0.3 is 12.1 Å². The number of amides is 1. The highest BCUT2D eigenvalue weighted by molar-refractivity contribution is 5.79. The van der Waals surface area contributed by atoms with Gasteiger partial charge in [-0.2, -0.15) is 0 Å². The predicted molar refractivity (Wildman–Crippen MR) is 162 cm³/mol. The van der Waals surface area contributed by atoms with Gasteiger partial charge in [-0.25, -0.2) is 4.79 Å². The van der Waals surface area contributed by atoms with Crippen LogP contribution in [0.25, 0.3) is 11.1 Å². The number of aliphatic hydroxyl groups is 1. The van der Waals surface area contributed by atoms with Crippen molar-refractivity contribution >= 4 is 12.1 Å². The van der Waals surface area contributed by atoms with E-state index in [1.54, 1.807) is 13.8 Å². The zero-order valence-electron chi connectivity index (χ0n) is 24.7. The van der Waals surface area contributed by atoms with Crippen LogP contribution in [0.15, 0.2) is 48.5 Å². The first-order valence-electron chi connectivity index (χ1n) is 15.6. The smallest absolute Gasteiger partial charge is 0.407 e. The maximum atomic E-state index is 12.3. The van der Waals surface area contributed by atoms with E-state index in [4.69, 9.17) is 9.84 Å². The monoisotopic (exact) mass is 564 g/mol. The van der Waals surface area contributed by atoms with Gasteiger partial charge < -0.3 is 25.6 Å². The minimum absolute atomic E-state index is 0.0559. The number of rotatable bonds is 9. The van der Waals surface area contributed by atoms with Crippen LogP contribution in [0.4, 0.5) is 4.79 Å². The fraction of sp³-hybridized carbons (Fsp3) is 0.588. The molecule has 1 amide bonds. The van der Waals surface area contributed by atoms with Gasteiger partial charge in [-0.15, -0.1) is 0 Å². The maximum Gasteiger partial charge on any atom is 0.407 e. The van der Waals surface area contributed by atoms with Crippen LogP contribution in [0.2, 0.25) is 0 Å². The van der Waals surface area contributed by atoms with Crippen LogP contribution in [0.3, 0.4) is 0 Å². The highest BCUT2D eigenvalue weighted by atomic mass is 16.5. The summed E-state index contributed by atoms with van der Waals surface area (Å²) in [5.41, 5.74) is 4.51. The number of hydrogen-bond acceptors (Lipinski definition) is 5. The highest BCUT2D eigenvalue weighted by Crippen LogP contribution is 2.44. The van der Waals surface area contributed by atoms with Gasteiger partial charge in [-0.05, 0) is 53.9 Å². The molecule has 7 nitrogen and oxygen atoms in total. The van der Waals surface area contributed by atoms with Gasteiger partial charge in [0.15, 0.2) is 0 Å². The van der Waals surface area contributed by atoms with Gasteiger partial charge in [-0.1, -0.05) is 101 Å². The van der Waals surface area contributed by atoms with Crippen molar-refractivity contribution in [3.63, 3.8) is 0 Å². The third kappa shape index (κ3) is 8.79. The molecule has 41 heavy (non-hydrogen) atoms. The lowest BCUT2D eigenvalue weighted by molar-refractivity contribution is -0.139. The van der Waals surface area contributed by atoms with Gasteiger partial charge in [0.05, 0.1) is 18.6 Å². The Kier molecular flexibility index (Phi) is 11.6. The second-order valence-corrected chi connectivity index (χ2v) is 12.2. The lowest BCUT2D eigenvalue weighted by Gasteiger charge is -2.30. The molecule has 2 fully saturated rings. The molecule has 0 bridgehead atoms.